The molecular formula is C21H23FN2O2S. The summed E-state index contributed by atoms with van der Waals surface area (Å²) >= 11 is 1.46. The molecule has 0 aromatic heterocycles. The molecule has 1 fully saturated rings. The van der Waals surface area contributed by atoms with E-state index in [2.05, 4.69) is 24.5 Å². The van der Waals surface area contributed by atoms with Gasteiger partial charge in [-0.05, 0) is 41.7 Å². The molecule has 1 aliphatic heterocycles. The SMILES string of the molecule is CC(C)c1ccccc1NC(=O)[C@@H]1CS[C@@H](Cc2ccc(F)cc2)C(=O)N1. The molecule has 1 heterocycles. The van der Waals surface area contributed by atoms with E-state index in [0.29, 0.717) is 12.2 Å². The molecule has 2 N–H and O–H groups in total. The van der Waals surface area contributed by atoms with Crippen LogP contribution in [0.3, 0.4) is 0 Å². The quantitative estimate of drug-likeness (QED) is 0.823. The number of benzene rings is 2. The van der Waals surface area contributed by atoms with Gasteiger partial charge in [-0.2, -0.15) is 0 Å². The molecule has 27 heavy (non-hydrogen) atoms. The van der Waals surface area contributed by atoms with E-state index < -0.39 is 6.04 Å². The van der Waals surface area contributed by atoms with Gasteiger partial charge in [0.05, 0.1) is 5.25 Å². The van der Waals surface area contributed by atoms with Crippen LogP contribution in [0.15, 0.2) is 48.5 Å². The summed E-state index contributed by atoms with van der Waals surface area (Å²) in [6.45, 7) is 4.15. The van der Waals surface area contributed by atoms with Gasteiger partial charge in [-0.15, -0.1) is 11.8 Å². The van der Waals surface area contributed by atoms with E-state index in [9.17, 15) is 14.0 Å². The van der Waals surface area contributed by atoms with E-state index >= 15 is 0 Å². The summed E-state index contributed by atoms with van der Waals surface area (Å²) in [4.78, 5) is 25.0. The molecule has 3 rings (SSSR count). The summed E-state index contributed by atoms with van der Waals surface area (Å²) in [5.74, 6) is 0.139. The Kier molecular flexibility index (Phi) is 6.16. The Morgan fingerprint density at radius 2 is 1.93 bits per heavy atom. The van der Waals surface area contributed by atoms with Gasteiger partial charge in [0.2, 0.25) is 11.8 Å². The lowest BCUT2D eigenvalue weighted by Gasteiger charge is -2.28. The smallest absolute Gasteiger partial charge is 0.247 e. The van der Waals surface area contributed by atoms with Gasteiger partial charge in [0.15, 0.2) is 0 Å². The van der Waals surface area contributed by atoms with E-state index in [4.69, 9.17) is 0 Å². The van der Waals surface area contributed by atoms with Gasteiger partial charge in [-0.3, -0.25) is 9.59 Å². The van der Waals surface area contributed by atoms with Crippen molar-refractivity contribution in [1.29, 1.82) is 0 Å². The van der Waals surface area contributed by atoms with Crippen molar-refractivity contribution in [3.8, 4) is 0 Å². The van der Waals surface area contributed by atoms with Gasteiger partial charge in [-0.1, -0.05) is 44.2 Å². The molecule has 2 amide bonds. The number of amides is 2. The summed E-state index contributed by atoms with van der Waals surface area (Å²) in [6.07, 6.45) is 0.515. The maximum absolute atomic E-state index is 13.0. The number of anilines is 1. The van der Waals surface area contributed by atoms with Crippen LogP contribution in [0.4, 0.5) is 10.1 Å². The fourth-order valence-corrected chi connectivity index (χ4v) is 4.25. The van der Waals surface area contributed by atoms with Crippen LogP contribution in [-0.2, 0) is 16.0 Å². The highest BCUT2D eigenvalue weighted by Crippen LogP contribution is 2.26. The monoisotopic (exact) mass is 386 g/mol. The molecule has 6 heteroatoms. The van der Waals surface area contributed by atoms with E-state index in [1.54, 1.807) is 12.1 Å². The standard InChI is InChI=1S/C21H23FN2O2S/c1-13(2)16-5-3-4-6-17(16)23-20(25)18-12-27-19(21(26)24-18)11-14-7-9-15(22)10-8-14/h3-10,13,18-19H,11-12H2,1-2H3,(H,23,25)(H,24,26)/t18-,19-/m0/s1. The zero-order chi connectivity index (χ0) is 19.4. The molecule has 0 spiro atoms. The maximum atomic E-state index is 13.0. The number of carbonyl (C=O) groups excluding carboxylic acids is 2. The van der Waals surface area contributed by atoms with Gasteiger partial charge in [-0.25, -0.2) is 4.39 Å². The van der Waals surface area contributed by atoms with Crippen LogP contribution in [0.5, 0.6) is 0 Å². The highest BCUT2D eigenvalue weighted by Gasteiger charge is 2.32. The molecular weight excluding hydrogens is 363 g/mol. The Morgan fingerprint density at radius 3 is 2.59 bits per heavy atom. The number of hydrogen-bond donors (Lipinski definition) is 2. The van der Waals surface area contributed by atoms with Gasteiger partial charge >= 0.3 is 0 Å². The molecule has 0 aliphatic carbocycles. The highest BCUT2D eigenvalue weighted by molar-refractivity contribution is 8.00. The third-order valence-corrected chi connectivity index (χ3v) is 5.87. The third kappa shape index (κ3) is 4.89. The maximum Gasteiger partial charge on any atom is 0.247 e. The number of para-hydroxylation sites is 1. The summed E-state index contributed by atoms with van der Waals surface area (Å²) in [6, 6.07) is 13.3. The van der Waals surface area contributed by atoms with Crippen LogP contribution >= 0.6 is 11.8 Å². The minimum absolute atomic E-state index is 0.159. The highest BCUT2D eigenvalue weighted by atomic mass is 32.2. The average molecular weight is 386 g/mol. The molecule has 2 aromatic carbocycles. The second kappa shape index (κ2) is 8.57. The van der Waals surface area contributed by atoms with Gasteiger partial charge in [0.1, 0.15) is 11.9 Å². The zero-order valence-corrected chi connectivity index (χ0v) is 16.2. The van der Waals surface area contributed by atoms with Crippen LogP contribution in [0.1, 0.15) is 30.9 Å². The minimum atomic E-state index is -0.563. The number of rotatable bonds is 5. The predicted molar refractivity (Wildman–Crippen MR) is 107 cm³/mol. The third-order valence-electron chi connectivity index (χ3n) is 4.56. The molecule has 2 aromatic rings. The number of hydrogen-bond acceptors (Lipinski definition) is 3. The summed E-state index contributed by atoms with van der Waals surface area (Å²) in [5.41, 5.74) is 2.75. The van der Waals surface area contributed by atoms with Crippen molar-refractivity contribution in [2.24, 2.45) is 0 Å². The normalized spacial score (nSPS) is 19.6. The summed E-state index contributed by atoms with van der Waals surface area (Å²) < 4.78 is 13.0. The van der Waals surface area contributed by atoms with Crippen LogP contribution in [0.2, 0.25) is 0 Å². The molecule has 1 aliphatic rings. The zero-order valence-electron chi connectivity index (χ0n) is 15.4. The molecule has 0 bridgehead atoms. The van der Waals surface area contributed by atoms with E-state index in [0.717, 1.165) is 16.8 Å². The number of nitrogens with one attached hydrogen (secondary N) is 2. The van der Waals surface area contributed by atoms with Crippen molar-refractivity contribution in [2.75, 3.05) is 11.1 Å². The molecule has 142 valence electrons. The Bertz CT molecular complexity index is 823. The largest absolute Gasteiger partial charge is 0.343 e. The lowest BCUT2D eigenvalue weighted by molar-refractivity contribution is -0.126. The first kappa shape index (κ1) is 19.4. The Hall–Kier alpha value is -2.34. The fourth-order valence-electron chi connectivity index (χ4n) is 3.06. The lowest BCUT2D eigenvalue weighted by Crippen LogP contribution is -2.52. The average Bonchev–Trinajstić information content (AvgIpc) is 2.65. The lowest BCUT2D eigenvalue weighted by atomic mass is 10.0. The van der Waals surface area contributed by atoms with Crippen LogP contribution < -0.4 is 10.6 Å². The van der Waals surface area contributed by atoms with Crippen molar-refractivity contribution >= 4 is 29.3 Å². The Labute approximate surface area is 162 Å². The van der Waals surface area contributed by atoms with E-state index in [1.807, 2.05) is 24.3 Å². The molecule has 0 saturated carbocycles. The van der Waals surface area contributed by atoms with E-state index in [1.165, 1.54) is 23.9 Å². The summed E-state index contributed by atoms with van der Waals surface area (Å²) in [7, 11) is 0. The second-order valence-electron chi connectivity index (χ2n) is 6.94. The van der Waals surface area contributed by atoms with Crippen molar-refractivity contribution in [2.45, 2.75) is 37.5 Å². The number of halogens is 1. The van der Waals surface area contributed by atoms with Crippen LogP contribution in [0.25, 0.3) is 0 Å². The van der Waals surface area contributed by atoms with Gasteiger partial charge < -0.3 is 10.6 Å². The second-order valence-corrected chi connectivity index (χ2v) is 8.18. The molecule has 4 nitrogen and oxygen atoms in total. The van der Waals surface area contributed by atoms with Crippen LogP contribution in [-0.4, -0.2) is 28.9 Å². The Morgan fingerprint density at radius 1 is 1.22 bits per heavy atom. The molecule has 1 saturated heterocycles. The molecule has 0 unspecified atom stereocenters. The number of thioether (sulfide) groups is 1. The first-order valence-corrected chi connectivity index (χ1v) is 10.0. The van der Waals surface area contributed by atoms with Crippen molar-refractivity contribution < 1.29 is 14.0 Å². The number of carbonyl (C=O) groups is 2. The first-order chi connectivity index (χ1) is 12.9. The topological polar surface area (TPSA) is 58.2 Å². The van der Waals surface area contributed by atoms with Crippen molar-refractivity contribution in [3.63, 3.8) is 0 Å². The van der Waals surface area contributed by atoms with Gasteiger partial charge in [0, 0.05) is 11.4 Å². The summed E-state index contributed by atoms with van der Waals surface area (Å²) in [5, 5.41) is 5.49. The Balaban J connectivity index is 1.60. The minimum Gasteiger partial charge on any atom is -0.343 e. The first-order valence-electron chi connectivity index (χ1n) is 9.00. The fraction of sp³-hybridized carbons (Fsp3) is 0.333. The molecule has 2 atom stereocenters. The van der Waals surface area contributed by atoms with Crippen molar-refractivity contribution in [3.05, 3.63) is 65.5 Å². The van der Waals surface area contributed by atoms with Crippen LogP contribution in [0, 0.1) is 5.82 Å². The van der Waals surface area contributed by atoms with E-state index in [-0.39, 0.29) is 28.8 Å². The predicted octanol–water partition coefficient (Wildman–Crippen LogP) is 3.73. The van der Waals surface area contributed by atoms with Gasteiger partial charge in [0.25, 0.3) is 0 Å². The molecule has 0 radical (unpaired) electrons. The van der Waals surface area contributed by atoms with Crippen molar-refractivity contribution in [1.82, 2.24) is 5.32 Å².